The van der Waals surface area contributed by atoms with Crippen molar-refractivity contribution < 1.29 is 4.79 Å². The minimum absolute atomic E-state index is 0. The van der Waals surface area contributed by atoms with Crippen molar-refractivity contribution in [2.45, 2.75) is 71.9 Å². The van der Waals surface area contributed by atoms with Crippen molar-refractivity contribution in [3.8, 4) is 0 Å². The number of pyridine rings is 1. The average molecular weight is 444 g/mol. The molecule has 0 saturated carbocycles. The third kappa shape index (κ3) is 4.86. The summed E-state index contributed by atoms with van der Waals surface area (Å²) in [5.41, 5.74) is 3.19. The van der Waals surface area contributed by atoms with Crippen LogP contribution in [0.15, 0.2) is 6.07 Å². The van der Waals surface area contributed by atoms with E-state index in [0.717, 1.165) is 53.9 Å². The maximum absolute atomic E-state index is 13.6. The third-order valence-electron chi connectivity index (χ3n) is 5.37. The van der Waals surface area contributed by atoms with Crippen LogP contribution in [0.5, 0.6) is 0 Å². The Bertz CT molecular complexity index is 857. The van der Waals surface area contributed by atoms with Crippen LogP contribution in [0.1, 0.15) is 75.1 Å². The van der Waals surface area contributed by atoms with Crippen LogP contribution in [-0.4, -0.2) is 51.8 Å². The zero-order chi connectivity index (χ0) is 19.9. The van der Waals surface area contributed by atoms with E-state index in [1.165, 1.54) is 0 Å². The smallest absolute Gasteiger partial charge is 0.255 e. The number of carbonyl (C=O) groups excluding carboxylic acids is 1. The summed E-state index contributed by atoms with van der Waals surface area (Å²) in [6, 6.07) is 2.25. The number of likely N-dealkylation sites (N-methyl/N-ethyl adjacent to an activating group) is 1. The highest BCUT2D eigenvalue weighted by Crippen LogP contribution is 2.31. The molecule has 8 heteroatoms. The van der Waals surface area contributed by atoms with Gasteiger partial charge >= 0.3 is 0 Å². The van der Waals surface area contributed by atoms with Crippen molar-refractivity contribution in [3.63, 3.8) is 0 Å². The Balaban J connectivity index is 0.00000210. The van der Waals surface area contributed by atoms with E-state index in [2.05, 4.69) is 39.9 Å². The average Bonchev–Trinajstić information content (AvgIpc) is 3.18. The van der Waals surface area contributed by atoms with Gasteiger partial charge in [-0.1, -0.05) is 13.8 Å². The summed E-state index contributed by atoms with van der Waals surface area (Å²) < 4.78 is 1.97. The predicted octanol–water partition coefficient (Wildman–Crippen LogP) is 4.29. The fourth-order valence-electron chi connectivity index (χ4n) is 3.95. The molecule has 2 aromatic heterocycles. The molecule has 1 saturated heterocycles. The first kappa shape index (κ1) is 25.7. The summed E-state index contributed by atoms with van der Waals surface area (Å²) in [4.78, 5) is 20.5. The van der Waals surface area contributed by atoms with E-state index in [1.54, 1.807) is 0 Å². The largest absolute Gasteiger partial charge is 0.334 e. The van der Waals surface area contributed by atoms with Gasteiger partial charge in [-0.15, -0.1) is 24.8 Å². The topological polar surface area (TPSA) is 63.1 Å². The summed E-state index contributed by atoms with van der Waals surface area (Å²) >= 11 is 0. The van der Waals surface area contributed by atoms with E-state index in [1.807, 2.05) is 29.6 Å². The van der Waals surface area contributed by atoms with E-state index in [9.17, 15) is 4.79 Å². The SMILES string of the molecule is CNCC1CCCN1C(=O)c1cc(C(C)C)nc2c1c(C)nn2C(C)(C)C.Cl.Cl. The van der Waals surface area contributed by atoms with E-state index >= 15 is 0 Å². The number of hydrogen-bond acceptors (Lipinski definition) is 4. The van der Waals surface area contributed by atoms with Crippen molar-refractivity contribution in [2.75, 3.05) is 20.1 Å². The molecule has 3 rings (SSSR count). The summed E-state index contributed by atoms with van der Waals surface area (Å²) in [6.07, 6.45) is 2.11. The first-order valence-electron chi connectivity index (χ1n) is 10.0. The molecule has 1 aliphatic rings. The number of fused-ring (bicyclic) bond motifs is 1. The van der Waals surface area contributed by atoms with Crippen molar-refractivity contribution in [2.24, 2.45) is 0 Å². The number of amides is 1. The van der Waals surface area contributed by atoms with Crippen LogP contribution in [0, 0.1) is 6.92 Å². The molecule has 0 spiro atoms. The summed E-state index contributed by atoms with van der Waals surface area (Å²) in [6.45, 7) is 14.2. The van der Waals surface area contributed by atoms with E-state index in [-0.39, 0.29) is 48.2 Å². The van der Waals surface area contributed by atoms with Crippen LogP contribution in [0.2, 0.25) is 0 Å². The molecular weight excluding hydrogens is 409 g/mol. The van der Waals surface area contributed by atoms with Crippen LogP contribution in [0.25, 0.3) is 11.0 Å². The highest BCUT2D eigenvalue weighted by atomic mass is 35.5. The van der Waals surface area contributed by atoms with Crippen LogP contribution in [-0.2, 0) is 5.54 Å². The Morgan fingerprint density at radius 1 is 1.31 bits per heavy atom. The Labute approximate surface area is 186 Å². The molecule has 6 nitrogen and oxygen atoms in total. The molecule has 0 radical (unpaired) electrons. The number of aryl methyl sites for hydroxylation is 1. The Morgan fingerprint density at radius 2 is 1.97 bits per heavy atom. The van der Waals surface area contributed by atoms with Crippen molar-refractivity contribution in [3.05, 3.63) is 23.0 Å². The number of likely N-dealkylation sites (tertiary alicyclic amines) is 1. The molecule has 3 heterocycles. The van der Waals surface area contributed by atoms with Gasteiger partial charge in [0.05, 0.1) is 22.2 Å². The van der Waals surface area contributed by atoms with Crippen LogP contribution in [0.3, 0.4) is 0 Å². The lowest BCUT2D eigenvalue weighted by molar-refractivity contribution is 0.0738. The molecule has 0 bridgehead atoms. The molecule has 1 fully saturated rings. The molecule has 1 unspecified atom stereocenters. The summed E-state index contributed by atoms with van der Waals surface area (Å²) in [5.74, 6) is 0.356. The zero-order valence-corrected chi connectivity index (χ0v) is 20.2. The number of aromatic nitrogens is 3. The monoisotopic (exact) mass is 443 g/mol. The number of rotatable bonds is 4. The summed E-state index contributed by atoms with van der Waals surface area (Å²) in [5, 5.41) is 8.88. The second-order valence-corrected chi connectivity index (χ2v) is 8.97. The van der Waals surface area contributed by atoms with E-state index in [4.69, 9.17) is 10.1 Å². The van der Waals surface area contributed by atoms with Gasteiger partial charge in [0.25, 0.3) is 5.91 Å². The quantitative estimate of drug-likeness (QED) is 0.765. The maximum atomic E-state index is 13.6. The van der Waals surface area contributed by atoms with Gasteiger partial charge in [-0.2, -0.15) is 5.10 Å². The minimum Gasteiger partial charge on any atom is -0.334 e. The highest BCUT2D eigenvalue weighted by Gasteiger charge is 2.32. The molecule has 1 atom stereocenters. The first-order chi connectivity index (χ1) is 12.6. The number of carbonyl (C=O) groups is 1. The van der Waals surface area contributed by atoms with Gasteiger partial charge in [0.1, 0.15) is 0 Å². The van der Waals surface area contributed by atoms with Crippen LogP contribution >= 0.6 is 24.8 Å². The molecule has 1 aliphatic heterocycles. The standard InChI is InChI=1S/C21H33N5O.2ClH/c1-13(2)17-11-16(20(27)25-10-8-9-15(25)12-22-7)18-14(3)24-26(19(18)23-17)21(4,5)6;;/h11,13,15,22H,8-10,12H2,1-7H3;2*1H. The van der Waals surface area contributed by atoms with Gasteiger partial charge in [0.2, 0.25) is 0 Å². The van der Waals surface area contributed by atoms with Gasteiger partial charge in [-0.25, -0.2) is 9.67 Å². The van der Waals surface area contributed by atoms with E-state index < -0.39 is 0 Å². The molecule has 2 aromatic rings. The number of hydrogen-bond donors (Lipinski definition) is 1. The molecule has 1 amide bonds. The number of nitrogens with zero attached hydrogens (tertiary/aromatic N) is 4. The van der Waals surface area contributed by atoms with Crippen LogP contribution < -0.4 is 5.32 Å². The first-order valence-corrected chi connectivity index (χ1v) is 10.0. The maximum Gasteiger partial charge on any atom is 0.255 e. The minimum atomic E-state index is -0.197. The van der Waals surface area contributed by atoms with Gasteiger partial charge in [-0.3, -0.25) is 4.79 Å². The van der Waals surface area contributed by atoms with Crippen molar-refractivity contribution in [1.29, 1.82) is 0 Å². The Kier molecular flexibility index (Phi) is 8.52. The molecular formula is C21H35Cl2N5O. The molecule has 1 N–H and O–H groups in total. The lowest BCUT2D eigenvalue weighted by atomic mass is 10.0. The molecule has 29 heavy (non-hydrogen) atoms. The Hall–Kier alpha value is -1.37. The van der Waals surface area contributed by atoms with Gasteiger partial charge in [0, 0.05) is 24.8 Å². The second kappa shape index (κ2) is 9.63. The Morgan fingerprint density at radius 3 is 2.52 bits per heavy atom. The van der Waals surface area contributed by atoms with Gasteiger partial charge < -0.3 is 10.2 Å². The normalized spacial score (nSPS) is 16.8. The number of nitrogens with one attached hydrogen (secondary N) is 1. The second-order valence-electron chi connectivity index (χ2n) is 8.97. The van der Waals surface area contributed by atoms with Gasteiger partial charge in [0.15, 0.2) is 5.65 Å². The lowest BCUT2D eigenvalue weighted by Crippen LogP contribution is -2.41. The predicted molar refractivity (Wildman–Crippen MR) is 124 cm³/mol. The van der Waals surface area contributed by atoms with Crippen LogP contribution in [0.4, 0.5) is 0 Å². The summed E-state index contributed by atoms with van der Waals surface area (Å²) in [7, 11) is 1.94. The zero-order valence-electron chi connectivity index (χ0n) is 18.6. The third-order valence-corrected chi connectivity index (χ3v) is 5.37. The molecule has 0 aliphatic carbocycles. The van der Waals surface area contributed by atoms with Gasteiger partial charge in [-0.05, 0) is 59.6 Å². The fourth-order valence-corrected chi connectivity index (χ4v) is 3.95. The molecule has 164 valence electrons. The fraction of sp³-hybridized carbons (Fsp3) is 0.667. The van der Waals surface area contributed by atoms with Crippen molar-refractivity contribution >= 4 is 41.8 Å². The molecule has 0 aromatic carbocycles. The van der Waals surface area contributed by atoms with E-state index in [0.29, 0.717) is 0 Å². The lowest BCUT2D eigenvalue weighted by Gasteiger charge is -2.25. The van der Waals surface area contributed by atoms with Crippen molar-refractivity contribution in [1.82, 2.24) is 25.0 Å². The highest BCUT2D eigenvalue weighted by molar-refractivity contribution is 6.06. The number of halogens is 2.